The fraction of sp³-hybridized carbons (Fsp3) is 0.316. The van der Waals surface area contributed by atoms with Crippen LogP contribution in [0, 0.1) is 0 Å². The second kappa shape index (κ2) is 6.47. The van der Waals surface area contributed by atoms with E-state index in [4.69, 9.17) is 9.31 Å². The number of rotatable bonds is 4. The first-order valence-corrected chi connectivity index (χ1v) is 9.97. The molecule has 3 rings (SSSR count). The Bertz CT molecular complexity index is 964. The number of hydrogen-bond donors (Lipinski definition) is 1. The average molecular weight is 388 g/mol. The van der Waals surface area contributed by atoms with Gasteiger partial charge in [0.05, 0.1) is 26.6 Å². The monoisotopic (exact) mass is 388 g/mol. The summed E-state index contributed by atoms with van der Waals surface area (Å²) in [5.74, 6) is -1.29. The summed E-state index contributed by atoms with van der Waals surface area (Å²) in [6.07, 6.45) is 0. The molecule has 1 aliphatic heterocycles. The van der Waals surface area contributed by atoms with E-state index in [1.807, 2.05) is 27.7 Å². The summed E-state index contributed by atoms with van der Waals surface area (Å²) < 4.78 is 37.7. The molecule has 0 spiro atoms. The van der Waals surface area contributed by atoms with Gasteiger partial charge in [-0.1, -0.05) is 24.3 Å². The van der Waals surface area contributed by atoms with Gasteiger partial charge < -0.3 is 14.4 Å². The maximum atomic E-state index is 12.9. The van der Waals surface area contributed by atoms with Crippen LogP contribution >= 0.6 is 0 Å². The van der Waals surface area contributed by atoms with E-state index < -0.39 is 34.1 Å². The Morgan fingerprint density at radius 1 is 0.926 bits per heavy atom. The zero-order valence-corrected chi connectivity index (χ0v) is 16.4. The highest BCUT2D eigenvalue weighted by atomic mass is 32.2. The Hall–Kier alpha value is -2.16. The van der Waals surface area contributed by atoms with Crippen molar-refractivity contribution in [2.24, 2.45) is 0 Å². The van der Waals surface area contributed by atoms with Gasteiger partial charge in [0.1, 0.15) is 0 Å². The third-order valence-corrected chi connectivity index (χ3v) is 6.95. The van der Waals surface area contributed by atoms with Gasteiger partial charge in [-0.25, -0.2) is 13.2 Å². The average Bonchev–Trinajstić information content (AvgIpc) is 2.82. The molecule has 6 nitrogen and oxygen atoms in total. The molecule has 2 aromatic carbocycles. The number of sulfone groups is 1. The van der Waals surface area contributed by atoms with Gasteiger partial charge in [-0.3, -0.25) is 0 Å². The summed E-state index contributed by atoms with van der Waals surface area (Å²) in [4.78, 5) is 11.1. The van der Waals surface area contributed by atoms with Crippen LogP contribution in [0.15, 0.2) is 58.3 Å². The molecule has 0 aromatic heterocycles. The Balaban J connectivity index is 1.94. The Morgan fingerprint density at radius 2 is 1.44 bits per heavy atom. The topological polar surface area (TPSA) is 89.9 Å². The van der Waals surface area contributed by atoms with Gasteiger partial charge in [0.2, 0.25) is 9.84 Å². The first-order chi connectivity index (χ1) is 12.5. The van der Waals surface area contributed by atoms with E-state index in [0.717, 1.165) is 0 Å². The first kappa shape index (κ1) is 19.6. The molecule has 1 heterocycles. The quantitative estimate of drug-likeness (QED) is 0.810. The molecular weight excluding hydrogens is 367 g/mol. The highest BCUT2D eigenvalue weighted by molar-refractivity contribution is 7.91. The maximum Gasteiger partial charge on any atom is 0.494 e. The predicted octanol–water partition coefficient (Wildman–Crippen LogP) is 2.52. The van der Waals surface area contributed by atoms with Gasteiger partial charge in [0, 0.05) is 0 Å². The summed E-state index contributed by atoms with van der Waals surface area (Å²) in [6.45, 7) is 7.76. The van der Waals surface area contributed by atoms with E-state index in [9.17, 15) is 18.3 Å². The van der Waals surface area contributed by atoms with Crippen LogP contribution in [-0.2, 0) is 19.1 Å². The Morgan fingerprint density at radius 3 is 1.96 bits per heavy atom. The van der Waals surface area contributed by atoms with Crippen LogP contribution in [-0.4, -0.2) is 37.8 Å². The lowest BCUT2D eigenvalue weighted by Gasteiger charge is -2.32. The van der Waals surface area contributed by atoms with Crippen molar-refractivity contribution < 1.29 is 27.6 Å². The van der Waals surface area contributed by atoms with Gasteiger partial charge >= 0.3 is 13.1 Å². The fourth-order valence-electron chi connectivity index (χ4n) is 2.79. The molecular formula is C19H21BO6S. The molecule has 1 fully saturated rings. The summed E-state index contributed by atoms with van der Waals surface area (Å²) in [5.41, 5.74) is -0.558. The van der Waals surface area contributed by atoms with E-state index in [1.54, 1.807) is 12.1 Å². The van der Waals surface area contributed by atoms with Crippen LogP contribution in [0.5, 0.6) is 0 Å². The van der Waals surface area contributed by atoms with E-state index in [1.165, 1.54) is 36.4 Å². The third-order valence-electron chi connectivity index (χ3n) is 5.12. The minimum atomic E-state index is -3.96. The molecule has 1 saturated heterocycles. The van der Waals surface area contributed by atoms with Crippen molar-refractivity contribution in [2.45, 2.75) is 48.7 Å². The largest absolute Gasteiger partial charge is 0.494 e. The second-order valence-electron chi connectivity index (χ2n) is 7.46. The number of aromatic carboxylic acids is 1. The Kier molecular flexibility index (Phi) is 4.70. The van der Waals surface area contributed by atoms with Gasteiger partial charge in [-0.2, -0.15) is 0 Å². The lowest BCUT2D eigenvalue weighted by atomic mass is 9.79. The molecule has 1 aliphatic rings. The van der Waals surface area contributed by atoms with Crippen molar-refractivity contribution in [3.63, 3.8) is 0 Å². The summed E-state index contributed by atoms with van der Waals surface area (Å²) >= 11 is 0. The van der Waals surface area contributed by atoms with Crippen LogP contribution < -0.4 is 5.46 Å². The van der Waals surface area contributed by atoms with Gasteiger partial charge in [0.25, 0.3) is 0 Å². The molecule has 27 heavy (non-hydrogen) atoms. The van der Waals surface area contributed by atoms with E-state index >= 15 is 0 Å². The number of carboxylic acids is 1. The summed E-state index contributed by atoms with van der Waals surface area (Å²) in [5, 5.41) is 9.26. The first-order valence-electron chi connectivity index (χ1n) is 8.49. The van der Waals surface area contributed by atoms with Crippen LogP contribution in [0.4, 0.5) is 0 Å². The van der Waals surface area contributed by atoms with Gasteiger partial charge in [0.15, 0.2) is 0 Å². The maximum absolute atomic E-state index is 12.9. The Labute approximate surface area is 159 Å². The van der Waals surface area contributed by atoms with Gasteiger partial charge in [-0.05, 0) is 57.4 Å². The summed E-state index contributed by atoms with van der Waals surface area (Å²) in [7, 11) is -4.56. The minimum Gasteiger partial charge on any atom is -0.478 e. The molecule has 0 bridgehead atoms. The van der Waals surface area contributed by atoms with Crippen molar-refractivity contribution in [3.8, 4) is 0 Å². The molecule has 1 N–H and O–H groups in total. The van der Waals surface area contributed by atoms with Crippen LogP contribution in [0.3, 0.4) is 0 Å². The molecule has 0 saturated carbocycles. The highest BCUT2D eigenvalue weighted by Gasteiger charge is 2.51. The lowest BCUT2D eigenvalue weighted by Crippen LogP contribution is -2.41. The standard InChI is InChI=1S/C19H21BO6S/c1-18(2)19(3,4)26-20(25-18)13-9-11-14(12-10-13)27(23,24)16-8-6-5-7-15(16)17(21)22/h5-12H,1-4H3,(H,21,22). The molecule has 0 atom stereocenters. The summed E-state index contributed by atoms with van der Waals surface area (Å²) in [6, 6.07) is 11.7. The van der Waals surface area contributed by atoms with E-state index in [2.05, 4.69) is 0 Å². The van der Waals surface area contributed by atoms with Crippen molar-refractivity contribution in [1.29, 1.82) is 0 Å². The molecule has 0 aliphatic carbocycles. The highest BCUT2D eigenvalue weighted by Crippen LogP contribution is 2.36. The molecule has 8 heteroatoms. The minimum absolute atomic E-state index is 0.0106. The number of carboxylic acid groups (broad SMARTS) is 1. The van der Waals surface area contributed by atoms with E-state index in [0.29, 0.717) is 5.46 Å². The zero-order chi connectivity index (χ0) is 20.0. The SMILES string of the molecule is CC1(C)OB(c2ccc(S(=O)(=O)c3ccccc3C(=O)O)cc2)OC1(C)C. The smallest absolute Gasteiger partial charge is 0.478 e. The zero-order valence-electron chi connectivity index (χ0n) is 15.6. The number of hydrogen-bond acceptors (Lipinski definition) is 5. The van der Waals surface area contributed by atoms with E-state index in [-0.39, 0.29) is 15.4 Å². The molecule has 142 valence electrons. The van der Waals surface area contributed by atoms with Crippen molar-refractivity contribution in [3.05, 3.63) is 54.1 Å². The normalized spacial score (nSPS) is 18.4. The number of benzene rings is 2. The van der Waals surface area contributed by atoms with Crippen molar-refractivity contribution in [1.82, 2.24) is 0 Å². The molecule has 0 unspecified atom stereocenters. The second-order valence-corrected chi connectivity index (χ2v) is 9.38. The van der Waals surface area contributed by atoms with Crippen molar-refractivity contribution >= 4 is 28.4 Å². The fourth-order valence-corrected chi connectivity index (χ4v) is 4.24. The van der Waals surface area contributed by atoms with Crippen molar-refractivity contribution in [2.75, 3.05) is 0 Å². The lowest BCUT2D eigenvalue weighted by molar-refractivity contribution is 0.00578. The van der Waals surface area contributed by atoms with Crippen LogP contribution in [0.2, 0.25) is 0 Å². The third kappa shape index (κ3) is 3.40. The molecule has 0 radical (unpaired) electrons. The predicted molar refractivity (Wildman–Crippen MR) is 101 cm³/mol. The van der Waals surface area contributed by atoms with Crippen LogP contribution in [0.25, 0.3) is 0 Å². The van der Waals surface area contributed by atoms with Crippen LogP contribution in [0.1, 0.15) is 38.1 Å². The van der Waals surface area contributed by atoms with Gasteiger partial charge in [-0.15, -0.1) is 0 Å². The molecule has 0 amide bonds. The number of carbonyl (C=O) groups is 1. The molecule has 2 aromatic rings.